The van der Waals surface area contributed by atoms with Gasteiger partial charge in [0.2, 0.25) is 0 Å². The minimum absolute atomic E-state index is 0.252. The van der Waals surface area contributed by atoms with Gasteiger partial charge in [-0.15, -0.1) is 0 Å². The van der Waals surface area contributed by atoms with Gasteiger partial charge in [-0.05, 0) is 38.1 Å². The Hall–Kier alpha value is -2.28. The van der Waals surface area contributed by atoms with Crippen LogP contribution in [0.1, 0.15) is 25.4 Å². The number of aromatic nitrogens is 2. The van der Waals surface area contributed by atoms with Gasteiger partial charge in [0.1, 0.15) is 12.5 Å². The predicted octanol–water partition coefficient (Wildman–Crippen LogP) is 4.40. The van der Waals surface area contributed by atoms with Crippen LogP contribution in [-0.4, -0.2) is 31.4 Å². The molecular formula is C19H24F2N2O2S. The molecule has 0 atom stereocenters. The zero-order chi connectivity index (χ0) is 19.7. The van der Waals surface area contributed by atoms with Gasteiger partial charge < -0.3 is 4.57 Å². The molecule has 0 aliphatic heterocycles. The largest absolute Gasteiger partial charge is 0.303 e. The van der Waals surface area contributed by atoms with Crippen molar-refractivity contribution in [3.63, 3.8) is 0 Å². The molecule has 2 aromatic rings. The van der Waals surface area contributed by atoms with Gasteiger partial charge in [-0.2, -0.15) is 0 Å². The van der Waals surface area contributed by atoms with E-state index in [2.05, 4.69) is 4.98 Å². The van der Waals surface area contributed by atoms with E-state index in [1.165, 1.54) is 6.26 Å². The highest BCUT2D eigenvalue weighted by molar-refractivity contribution is 7.90. The molecule has 0 aliphatic carbocycles. The van der Waals surface area contributed by atoms with Gasteiger partial charge in [-0.1, -0.05) is 23.8 Å². The second kappa shape index (κ2) is 10.0. The van der Waals surface area contributed by atoms with Gasteiger partial charge >= 0.3 is 0 Å². The van der Waals surface area contributed by atoms with Crippen molar-refractivity contribution in [3.05, 3.63) is 65.8 Å². The van der Waals surface area contributed by atoms with E-state index in [9.17, 15) is 17.2 Å². The van der Waals surface area contributed by atoms with Crippen molar-refractivity contribution in [2.75, 3.05) is 13.4 Å². The fourth-order valence-corrected chi connectivity index (χ4v) is 2.97. The average molecular weight is 382 g/mol. The Morgan fingerprint density at radius 2 is 1.85 bits per heavy atom. The molecule has 0 fully saturated rings. The summed E-state index contributed by atoms with van der Waals surface area (Å²) in [5.41, 5.74) is 2.21. The molecule has 0 N–H and O–H groups in total. The quantitative estimate of drug-likeness (QED) is 0.696. The monoisotopic (exact) mass is 382 g/mol. The van der Waals surface area contributed by atoms with Gasteiger partial charge in [0.15, 0.2) is 9.84 Å². The Kier molecular flexibility index (Phi) is 8.38. The third kappa shape index (κ3) is 5.91. The van der Waals surface area contributed by atoms with Crippen LogP contribution in [0.5, 0.6) is 0 Å². The number of hydrogen-bond donors (Lipinski definition) is 0. The Labute approximate surface area is 153 Å². The van der Waals surface area contributed by atoms with E-state index in [0.717, 1.165) is 11.3 Å². The molecule has 7 heteroatoms. The first-order valence-electron chi connectivity index (χ1n) is 7.96. The fraction of sp³-hybridized carbons (Fsp3) is 0.316. The van der Waals surface area contributed by atoms with E-state index >= 15 is 0 Å². The van der Waals surface area contributed by atoms with Crippen LogP contribution in [0.3, 0.4) is 0 Å². The normalized spacial score (nSPS) is 12.2. The summed E-state index contributed by atoms with van der Waals surface area (Å²) in [6, 6.07) is 6.49. The molecule has 1 heterocycles. The van der Waals surface area contributed by atoms with Crippen molar-refractivity contribution < 1.29 is 17.2 Å². The second-order valence-corrected chi connectivity index (χ2v) is 7.59. The van der Waals surface area contributed by atoms with Crippen LogP contribution in [-0.2, 0) is 22.9 Å². The van der Waals surface area contributed by atoms with Crippen LogP contribution in [0, 0.1) is 0 Å². The van der Waals surface area contributed by atoms with E-state index in [1.807, 2.05) is 32.1 Å². The number of halogens is 2. The Morgan fingerprint density at radius 3 is 2.35 bits per heavy atom. The van der Waals surface area contributed by atoms with E-state index in [1.54, 1.807) is 35.0 Å². The molecule has 1 aromatic carbocycles. The van der Waals surface area contributed by atoms with E-state index < -0.39 is 16.5 Å². The van der Waals surface area contributed by atoms with Gasteiger partial charge in [0.05, 0.1) is 17.8 Å². The zero-order valence-corrected chi connectivity index (χ0v) is 16.2. The highest BCUT2D eigenvalue weighted by atomic mass is 32.2. The van der Waals surface area contributed by atoms with Gasteiger partial charge in [-0.3, -0.25) is 4.39 Å². The average Bonchev–Trinajstić information content (AvgIpc) is 3.05. The molecular weight excluding hydrogens is 358 g/mol. The lowest BCUT2D eigenvalue weighted by Crippen LogP contribution is -2.01. The first-order valence-corrected chi connectivity index (χ1v) is 9.85. The van der Waals surface area contributed by atoms with Crippen LogP contribution in [0.25, 0.3) is 5.69 Å². The van der Waals surface area contributed by atoms with Crippen molar-refractivity contribution in [1.82, 2.24) is 9.55 Å². The van der Waals surface area contributed by atoms with Crippen molar-refractivity contribution in [2.24, 2.45) is 0 Å². The maximum atomic E-state index is 13.0. The summed E-state index contributed by atoms with van der Waals surface area (Å²) < 4.78 is 47.4. The first-order chi connectivity index (χ1) is 12.3. The SMILES string of the molecule is C/C=C\C(C)=C/Cc1nc(CF)cn1-c1ccc(S(C)(=O)=O)cc1.CF. The number of alkyl halides is 2. The molecule has 0 amide bonds. The van der Waals surface area contributed by atoms with Crippen LogP contribution in [0.4, 0.5) is 8.78 Å². The predicted molar refractivity (Wildman–Crippen MR) is 101 cm³/mol. The fourth-order valence-electron chi connectivity index (χ4n) is 2.34. The summed E-state index contributed by atoms with van der Waals surface area (Å²) in [7, 11) is -2.74. The number of hydrogen-bond acceptors (Lipinski definition) is 3. The molecule has 0 radical (unpaired) electrons. The number of sulfone groups is 1. The highest BCUT2D eigenvalue weighted by Crippen LogP contribution is 2.18. The molecule has 0 saturated carbocycles. The van der Waals surface area contributed by atoms with Gasteiger partial charge in [0, 0.05) is 24.6 Å². The molecule has 0 unspecified atom stereocenters. The topological polar surface area (TPSA) is 52.0 Å². The second-order valence-electron chi connectivity index (χ2n) is 5.57. The molecule has 4 nitrogen and oxygen atoms in total. The molecule has 0 aliphatic rings. The Morgan fingerprint density at radius 1 is 1.23 bits per heavy atom. The number of rotatable bonds is 6. The third-order valence-corrected chi connectivity index (χ3v) is 4.67. The maximum absolute atomic E-state index is 13.0. The molecule has 2 rings (SSSR count). The molecule has 0 spiro atoms. The van der Waals surface area contributed by atoms with Crippen molar-refractivity contribution >= 4 is 9.84 Å². The summed E-state index contributed by atoms with van der Waals surface area (Å²) >= 11 is 0. The standard InChI is InChI=1S/C18H21FN2O2S.CH3F/c1-4-5-14(2)6-11-18-20-15(12-19)13-21(18)16-7-9-17(10-8-16)24(3,22)23;1-2/h4-10,13H,11-12H2,1-3H3;1H3/b5-4-,14-6-;. The minimum atomic E-state index is -3.24. The first kappa shape index (κ1) is 21.8. The van der Waals surface area contributed by atoms with Crippen molar-refractivity contribution in [2.45, 2.75) is 31.8 Å². The smallest absolute Gasteiger partial charge is 0.175 e. The summed E-state index contributed by atoms with van der Waals surface area (Å²) in [4.78, 5) is 4.56. The van der Waals surface area contributed by atoms with Gasteiger partial charge in [0.25, 0.3) is 0 Å². The lowest BCUT2D eigenvalue weighted by molar-refractivity contribution is 0.477. The Balaban J connectivity index is 0.00000163. The van der Waals surface area contributed by atoms with Crippen LogP contribution in [0.15, 0.2) is 59.2 Å². The zero-order valence-electron chi connectivity index (χ0n) is 15.4. The Bertz CT molecular complexity index is 867. The summed E-state index contributed by atoms with van der Waals surface area (Å²) in [5.74, 6) is 0.707. The number of nitrogens with zero attached hydrogens (tertiary/aromatic N) is 2. The minimum Gasteiger partial charge on any atom is -0.303 e. The van der Waals surface area contributed by atoms with Crippen molar-refractivity contribution in [3.8, 4) is 5.69 Å². The van der Waals surface area contributed by atoms with Crippen LogP contribution < -0.4 is 0 Å². The van der Waals surface area contributed by atoms with E-state index in [-0.39, 0.29) is 4.90 Å². The number of benzene rings is 1. The number of imidazole rings is 1. The highest BCUT2D eigenvalue weighted by Gasteiger charge is 2.11. The third-order valence-electron chi connectivity index (χ3n) is 3.54. The van der Waals surface area contributed by atoms with Crippen LogP contribution >= 0.6 is 0 Å². The molecule has 142 valence electrons. The maximum Gasteiger partial charge on any atom is 0.175 e. The molecule has 1 aromatic heterocycles. The number of allylic oxidation sites excluding steroid dienone is 4. The van der Waals surface area contributed by atoms with E-state index in [0.29, 0.717) is 25.1 Å². The van der Waals surface area contributed by atoms with Crippen LogP contribution in [0.2, 0.25) is 0 Å². The lowest BCUT2D eigenvalue weighted by atomic mass is 10.2. The summed E-state index contributed by atoms with van der Waals surface area (Å²) in [6.07, 6.45) is 9.33. The van der Waals surface area contributed by atoms with Crippen molar-refractivity contribution in [1.29, 1.82) is 0 Å². The van der Waals surface area contributed by atoms with Gasteiger partial charge in [-0.25, -0.2) is 17.8 Å². The van der Waals surface area contributed by atoms with E-state index in [4.69, 9.17) is 0 Å². The molecule has 0 saturated heterocycles. The molecule has 0 bridgehead atoms. The summed E-state index contributed by atoms with van der Waals surface area (Å²) in [5, 5.41) is 0. The summed E-state index contributed by atoms with van der Waals surface area (Å²) in [6.45, 7) is 3.30. The molecule has 26 heavy (non-hydrogen) atoms. The lowest BCUT2D eigenvalue weighted by Gasteiger charge is -2.07.